The second-order valence-corrected chi connectivity index (χ2v) is 3.38. The molecular weight excluding hydrogens is 194 g/mol. The van der Waals surface area contributed by atoms with Gasteiger partial charge in [-0.05, 0) is 13.0 Å². The molecule has 0 spiro atoms. The van der Waals surface area contributed by atoms with Gasteiger partial charge in [-0.25, -0.2) is 0 Å². The quantitative estimate of drug-likeness (QED) is 0.726. The molecule has 0 saturated carbocycles. The van der Waals surface area contributed by atoms with Crippen LogP contribution in [0.4, 0.5) is 0 Å². The van der Waals surface area contributed by atoms with Gasteiger partial charge in [-0.3, -0.25) is 9.48 Å². The van der Waals surface area contributed by atoms with E-state index in [0.717, 1.165) is 5.69 Å². The van der Waals surface area contributed by atoms with Crippen molar-refractivity contribution in [3.63, 3.8) is 0 Å². The van der Waals surface area contributed by atoms with E-state index in [9.17, 15) is 4.79 Å². The number of carbonyl (C=O) groups excluding carboxylic acids is 1. The number of aryl methyl sites for hydroxylation is 1. The van der Waals surface area contributed by atoms with Crippen molar-refractivity contribution in [1.82, 2.24) is 15.1 Å². The number of rotatable bonds is 5. The van der Waals surface area contributed by atoms with Gasteiger partial charge < -0.3 is 10.1 Å². The molecule has 1 atom stereocenters. The first-order valence-electron chi connectivity index (χ1n) is 4.93. The molecule has 1 N–H and O–H groups in total. The third kappa shape index (κ3) is 3.36. The average Bonchev–Trinajstić information content (AvgIpc) is 2.64. The van der Waals surface area contributed by atoms with Crippen LogP contribution in [0.3, 0.4) is 0 Å². The van der Waals surface area contributed by atoms with Gasteiger partial charge in [-0.2, -0.15) is 5.10 Å². The number of ether oxygens (including phenoxy) is 1. The van der Waals surface area contributed by atoms with Gasteiger partial charge in [0.15, 0.2) is 0 Å². The Morgan fingerprint density at radius 2 is 2.47 bits per heavy atom. The minimum absolute atomic E-state index is 0.183. The highest BCUT2D eigenvalue weighted by Crippen LogP contribution is 2.09. The number of carbonyl (C=O) groups is 1. The van der Waals surface area contributed by atoms with Crippen molar-refractivity contribution in [3.05, 3.63) is 18.0 Å². The monoisotopic (exact) mass is 211 g/mol. The molecule has 0 aromatic carbocycles. The van der Waals surface area contributed by atoms with Gasteiger partial charge in [0.1, 0.15) is 0 Å². The molecule has 1 rings (SSSR count). The molecule has 1 aromatic heterocycles. The Morgan fingerprint density at radius 3 is 3.00 bits per heavy atom. The van der Waals surface area contributed by atoms with E-state index in [4.69, 9.17) is 0 Å². The van der Waals surface area contributed by atoms with E-state index >= 15 is 0 Å². The Hall–Kier alpha value is -1.36. The summed E-state index contributed by atoms with van der Waals surface area (Å²) in [6.07, 6.45) is 2.15. The highest BCUT2D eigenvalue weighted by molar-refractivity contribution is 5.69. The predicted molar refractivity (Wildman–Crippen MR) is 56.3 cm³/mol. The van der Waals surface area contributed by atoms with Gasteiger partial charge in [0.25, 0.3) is 0 Å². The maximum absolute atomic E-state index is 10.9. The molecule has 0 saturated heterocycles. The molecule has 0 aliphatic heterocycles. The Bertz CT molecular complexity index is 322. The maximum Gasteiger partial charge on any atom is 0.306 e. The van der Waals surface area contributed by atoms with Gasteiger partial charge in [0.05, 0.1) is 19.2 Å². The summed E-state index contributed by atoms with van der Waals surface area (Å²) < 4.78 is 6.37. The van der Waals surface area contributed by atoms with Crippen molar-refractivity contribution in [1.29, 1.82) is 0 Å². The van der Waals surface area contributed by atoms with Crippen LogP contribution in [-0.4, -0.2) is 29.4 Å². The van der Waals surface area contributed by atoms with Crippen LogP contribution in [0.2, 0.25) is 0 Å². The summed E-state index contributed by atoms with van der Waals surface area (Å²) in [5.74, 6) is -0.195. The zero-order valence-corrected chi connectivity index (χ0v) is 9.36. The SMILES string of the molecule is COC(=O)CCNC(C)c1ccnn1C. The van der Waals surface area contributed by atoms with Crippen LogP contribution in [-0.2, 0) is 16.6 Å². The molecule has 0 bridgehead atoms. The first-order chi connectivity index (χ1) is 7.15. The van der Waals surface area contributed by atoms with Crippen molar-refractivity contribution in [2.45, 2.75) is 19.4 Å². The van der Waals surface area contributed by atoms with E-state index in [-0.39, 0.29) is 12.0 Å². The fourth-order valence-electron chi connectivity index (χ4n) is 1.41. The molecule has 0 radical (unpaired) electrons. The van der Waals surface area contributed by atoms with Gasteiger partial charge in [-0.1, -0.05) is 0 Å². The van der Waals surface area contributed by atoms with Crippen molar-refractivity contribution in [3.8, 4) is 0 Å². The molecule has 1 aromatic rings. The van der Waals surface area contributed by atoms with Crippen molar-refractivity contribution < 1.29 is 9.53 Å². The summed E-state index contributed by atoms with van der Waals surface area (Å²) in [7, 11) is 3.29. The molecular formula is C10H17N3O2. The van der Waals surface area contributed by atoms with E-state index in [2.05, 4.69) is 15.2 Å². The van der Waals surface area contributed by atoms with Crippen LogP contribution >= 0.6 is 0 Å². The van der Waals surface area contributed by atoms with Crippen molar-refractivity contribution >= 4 is 5.97 Å². The number of esters is 1. The number of hydrogen-bond acceptors (Lipinski definition) is 4. The zero-order valence-electron chi connectivity index (χ0n) is 9.36. The minimum Gasteiger partial charge on any atom is -0.469 e. The van der Waals surface area contributed by atoms with Crippen molar-refractivity contribution in [2.75, 3.05) is 13.7 Å². The molecule has 1 heterocycles. The molecule has 84 valence electrons. The Morgan fingerprint density at radius 1 is 1.73 bits per heavy atom. The number of methoxy groups -OCH3 is 1. The molecule has 0 aliphatic rings. The summed E-state index contributed by atoms with van der Waals surface area (Å²) in [5.41, 5.74) is 1.10. The first-order valence-corrected chi connectivity index (χ1v) is 4.93. The minimum atomic E-state index is -0.195. The Labute approximate surface area is 89.4 Å². The van der Waals surface area contributed by atoms with Gasteiger partial charge in [0, 0.05) is 25.8 Å². The summed E-state index contributed by atoms with van der Waals surface area (Å²) in [4.78, 5) is 10.9. The molecule has 0 aliphatic carbocycles. The van der Waals surface area contributed by atoms with E-state index in [0.29, 0.717) is 13.0 Å². The number of nitrogens with zero attached hydrogens (tertiary/aromatic N) is 2. The molecule has 5 nitrogen and oxygen atoms in total. The second-order valence-electron chi connectivity index (χ2n) is 3.38. The third-order valence-electron chi connectivity index (χ3n) is 2.31. The van der Waals surface area contributed by atoms with Crippen LogP contribution in [0.15, 0.2) is 12.3 Å². The van der Waals surface area contributed by atoms with E-state index < -0.39 is 0 Å². The predicted octanol–water partition coefficient (Wildman–Crippen LogP) is 0.634. The van der Waals surface area contributed by atoms with Gasteiger partial charge in [-0.15, -0.1) is 0 Å². The van der Waals surface area contributed by atoms with Gasteiger partial charge in [0.2, 0.25) is 0 Å². The smallest absolute Gasteiger partial charge is 0.306 e. The molecule has 0 amide bonds. The Kier molecular flexibility index (Phi) is 4.30. The summed E-state index contributed by atoms with van der Waals surface area (Å²) in [5, 5.41) is 7.31. The lowest BCUT2D eigenvalue weighted by Gasteiger charge is -2.13. The number of aromatic nitrogens is 2. The van der Waals surface area contributed by atoms with Crippen LogP contribution in [0, 0.1) is 0 Å². The van der Waals surface area contributed by atoms with Crippen LogP contribution in [0.1, 0.15) is 25.1 Å². The molecule has 0 fully saturated rings. The summed E-state index contributed by atoms with van der Waals surface area (Å²) >= 11 is 0. The van der Waals surface area contributed by atoms with Crippen LogP contribution in [0.25, 0.3) is 0 Å². The lowest BCUT2D eigenvalue weighted by molar-refractivity contribution is -0.140. The Balaban J connectivity index is 2.34. The van der Waals surface area contributed by atoms with E-state index in [1.807, 2.05) is 24.7 Å². The highest BCUT2D eigenvalue weighted by Gasteiger charge is 2.09. The first kappa shape index (κ1) is 11.7. The molecule has 1 unspecified atom stereocenters. The normalized spacial score (nSPS) is 12.5. The highest BCUT2D eigenvalue weighted by atomic mass is 16.5. The number of nitrogens with one attached hydrogen (secondary N) is 1. The van der Waals surface area contributed by atoms with Gasteiger partial charge >= 0.3 is 5.97 Å². The maximum atomic E-state index is 10.9. The second kappa shape index (κ2) is 5.50. The number of hydrogen-bond donors (Lipinski definition) is 1. The van der Waals surface area contributed by atoms with E-state index in [1.165, 1.54) is 7.11 Å². The fraction of sp³-hybridized carbons (Fsp3) is 0.600. The van der Waals surface area contributed by atoms with Crippen LogP contribution < -0.4 is 5.32 Å². The zero-order chi connectivity index (χ0) is 11.3. The van der Waals surface area contributed by atoms with Crippen LogP contribution in [0.5, 0.6) is 0 Å². The van der Waals surface area contributed by atoms with Crippen molar-refractivity contribution in [2.24, 2.45) is 7.05 Å². The fourth-order valence-corrected chi connectivity index (χ4v) is 1.41. The molecule has 5 heteroatoms. The topological polar surface area (TPSA) is 56.1 Å². The molecule has 15 heavy (non-hydrogen) atoms. The largest absolute Gasteiger partial charge is 0.469 e. The summed E-state index contributed by atoms with van der Waals surface area (Å²) in [6, 6.07) is 2.14. The summed E-state index contributed by atoms with van der Waals surface area (Å²) in [6.45, 7) is 2.65. The lowest BCUT2D eigenvalue weighted by Crippen LogP contribution is -2.24. The third-order valence-corrected chi connectivity index (χ3v) is 2.31. The standard InChI is InChI=1S/C10H17N3O2/c1-8(9-4-7-12-13(9)2)11-6-5-10(14)15-3/h4,7-8,11H,5-6H2,1-3H3. The van der Waals surface area contributed by atoms with E-state index in [1.54, 1.807) is 6.20 Å². The lowest BCUT2D eigenvalue weighted by atomic mass is 10.2. The average molecular weight is 211 g/mol.